The summed E-state index contributed by atoms with van der Waals surface area (Å²) in [6.07, 6.45) is -0.740. The number of aromatic nitrogens is 1. The monoisotopic (exact) mass is 439 g/mol. The molecule has 3 rings (SSSR count). The van der Waals surface area contributed by atoms with Crippen molar-refractivity contribution in [2.24, 2.45) is 0 Å². The molecule has 0 aliphatic rings. The van der Waals surface area contributed by atoms with Gasteiger partial charge in [0.25, 0.3) is 0 Å². The van der Waals surface area contributed by atoms with E-state index in [1.165, 1.54) is 12.1 Å². The number of hydrogen-bond donors (Lipinski definition) is 2. The van der Waals surface area contributed by atoms with Gasteiger partial charge in [0.2, 0.25) is 0 Å². The topological polar surface area (TPSA) is 53.4 Å². The molecule has 3 nitrogen and oxygen atoms in total. The predicted octanol–water partition coefficient (Wildman–Crippen LogP) is 7.19. The molecule has 0 fully saturated rings. The molecule has 0 radical (unpaired) electrons. The largest absolute Gasteiger partial charge is 0.507 e. The van der Waals surface area contributed by atoms with Gasteiger partial charge in [-0.25, -0.2) is 4.39 Å². The zero-order chi connectivity index (χ0) is 22.7. The Labute approximate surface area is 188 Å². The lowest BCUT2D eigenvalue weighted by molar-refractivity contribution is 0.197. The Morgan fingerprint density at radius 3 is 2.06 bits per heavy atom. The lowest BCUT2D eigenvalue weighted by Gasteiger charge is -2.26. The quantitative estimate of drug-likeness (QED) is 0.383. The van der Waals surface area contributed by atoms with E-state index in [4.69, 9.17) is 4.98 Å². The molecule has 0 aliphatic heterocycles. The molecule has 1 unspecified atom stereocenters. The molecule has 1 atom stereocenters. The molecule has 1 aromatic heterocycles. The molecule has 0 spiro atoms. The number of para-hydroxylation sites is 1. The molecule has 3 aromatic rings. The molecule has 164 valence electrons. The van der Waals surface area contributed by atoms with Crippen molar-refractivity contribution < 1.29 is 14.6 Å². The van der Waals surface area contributed by atoms with Gasteiger partial charge in [-0.3, -0.25) is 4.98 Å². The summed E-state index contributed by atoms with van der Waals surface area (Å²) < 4.78 is 13.3. The van der Waals surface area contributed by atoms with Crippen molar-refractivity contribution in [3.63, 3.8) is 0 Å². The Hall–Kier alpha value is -2.37. The number of hydrogen-bond acceptors (Lipinski definition) is 4. The Kier molecular flexibility index (Phi) is 7.39. The third-order valence-electron chi connectivity index (χ3n) is 5.28. The standard InChI is InChI=1S/C26H30FNO2S/c1-15(2)25-21(14-31-19-12-10-18(27)11-13-19)24(20-8-6-7-9-22(20)30)23(17(5)29)26(28-25)16(3)4/h6-13,15-17,29-30H,14H2,1-5H3. The fourth-order valence-electron chi connectivity index (χ4n) is 3.84. The van der Waals surface area contributed by atoms with Gasteiger partial charge in [0, 0.05) is 33.2 Å². The average molecular weight is 440 g/mol. The number of halogens is 1. The first kappa shape index (κ1) is 23.3. The lowest BCUT2D eigenvalue weighted by Crippen LogP contribution is -2.13. The number of thioether (sulfide) groups is 1. The van der Waals surface area contributed by atoms with E-state index in [2.05, 4.69) is 27.7 Å². The number of aliphatic hydroxyl groups excluding tert-OH is 1. The third-order valence-corrected chi connectivity index (χ3v) is 6.32. The van der Waals surface area contributed by atoms with Crippen LogP contribution in [0.4, 0.5) is 4.39 Å². The predicted molar refractivity (Wildman–Crippen MR) is 126 cm³/mol. The summed E-state index contributed by atoms with van der Waals surface area (Å²) in [6, 6.07) is 13.7. The maximum Gasteiger partial charge on any atom is 0.123 e. The minimum atomic E-state index is -0.740. The van der Waals surface area contributed by atoms with Crippen molar-refractivity contribution in [2.45, 2.75) is 63.2 Å². The van der Waals surface area contributed by atoms with Crippen LogP contribution in [-0.4, -0.2) is 15.2 Å². The van der Waals surface area contributed by atoms with Gasteiger partial charge < -0.3 is 10.2 Å². The van der Waals surface area contributed by atoms with Crippen LogP contribution in [0, 0.1) is 5.82 Å². The molecule has 1 heterocycles. The summed E-state index contributed by atoms with van der Waals surface area (Å²) in [6.45, 7) is 10.1. The van der Waals surface area contributed by atoms with Gasteiger partial charge in [-0.05, 0) is 60.2 Å². The van der Waals surface area contributed by atoms with E-state index >= 15 is 0 Å². The van der Waals surface area contributed by atoms with E-state index in [1.54, 1.807) is 43.0 Å². The summed E-state index contributed by atoms with van der Waals surface area (Å²) >= 11 is 1.59. The van der Waals surface area contributed by atoms with Crippen LogP contribution in [0.5, 0.6) is 5.75 Å². The van der Waals surface area contributed by atoms with Crippen molar-refractivity contribution in [3.05, 3.63) is 76.9 Å². The summed E-state index contributed by atoms with van der Waals surface area (Å²) in [5, 5.41) is 21.5. The number of nitrogens with zero attached hydrogens (tertiary/aromatic N) is 1. The molecular weight excluding hydrogens is 409 g/mol. The minimum Gasteiger partial charge on any atom is -0.507 e. The van der Waals surface area contributed by atoms with Crippen LogP contribution in [0.1, 0.15) is 75.1 Å². The summed E-state index contributed by atoms with van der Waals surface area (Å²) in [7, 11) is 0. The van der Waals surface area contributed by atoms with Crippen LogP contribution in [0.15, 0.2) is 53.4 Å². The highest BCUT2D eigenvalue weighted by Crippen LogP contribution is 2.44. The zero-order valence-electron chi connectivity index (χ0n) is 18.7. The van der Waals surface area contributed by atoms with Crippen LogP contribution in [0.3, 0.4) is 0 Å². The first-order valence-electron chi connectivity index (χ1n) is 10.6. The third kappa shape index (κ3) is 5.10. The molecule has 0 saturated heterocycles. The van der Waals surface area contributed by atoms with Crippen molar-refractivity contribution in [2.75, 3.05) is 0 Å². The molecule has 5 heteroatoms. The highest BCUT2D eigenvalue weighted by atomic mass is 32.2. The van der Waals surface area contributed by atoms with E-state index in [0.29, 0.717) is 11.3 Å². The number of rotatable bonds is 7. The maximum atomic E-state index is 13.3. The van der Waals surface area contributed by atoms with Gasteiger partial charge in [0.15, 0.2) is 0 Å². The molecule has 0 amide bonds. The fourth-order valence-corrected chi connectivity index (χ4v) is 4.77. The van der Waals surface area contributed by atoms with Gasteiger partial charge in [0.05, 0.1) is 6.10 Å². The lowest BCUT2D eigenvalue weighted by atomic mass is 9.85. The molecule has 0 aliphatic carbocycles. The summed E-state index contributed by atoms with van der Waals surface area (Å²) in [5.74, 6) is 0.780. The average Bonchev–Trinajstić information content (AvgIpc) is 2.72. The molecule has 0 saturated carbocycles. The number of phenolic OH excluding ortho intramolecular Hbond substituents is 1. The normalized spacial score (nSPS) is 12.5. The highest BCUT2D eigenvalue weighted by Gasteiger charge is 2.27. The molecule has 2 N–H and O–H groups in total. The number of phenols is 1. The van der Waals surface area contributed by atoms with Crippen LogP contribution in [0.2, 0.25) is 0 Å². The van der Waals surface area contributed by atoms with E-state index in [9.17, 15) is 14.6 Å². The van der Waals surface area contributed by atoms with Crippen molar-refractivity contribution in [3.8, 4) is 16.9 Å². The summed E-state index contributed by atoms with van der Waals surface area (Å²) in [4.78, 5) is 5.97. The van der Waals surface area contributed by atoms with Crippen LogP contribution >= 0.6 is 11.8 Å². The van der Waals surface area contributed by atoms with Crippen molar-refractivity contribution >= 4 is 11.8 Å². The van der Waals surface area contributed by atoms with Crippen LogP contribution in [-0.2, 0) is 5.75 Å². The number of aromatic hydroxyl groups is 1. The SMILES string of the molecule is CC(C)c1nc(C(C)C)c(C(C)O)c(-c2ccccc2O)c1CSc1ccc(F)cc1. The molecule has 0 bridgehead atoms. The molecule has 31 heavy (non-hydrogen) atoms. The van der Waals surface area contributed by atoms with E-state index in [-0.39, 0.29) is 23.4 Å². The summed E-state index contributed by atoms with van der Waals surface area (Å²) in [5.41, 5.74) is 5.11. The van der Waals surface area contributed by atoms with Gasteiger partial charge >= 0.3 is 0 Å². The van der Waals surface area contributed by atoms with Crippen LogP contribution in [0.25, 0.3) is 11.1 Å². The van der Waals surface area contributed by atoms with Gasteiger partial charge in [-0.15, -0.1) is 11.8 Å². The fraction of sp³-hybridized carbons (Fsp3) is 0.346. The van der Waals surface area contributed by atoms with Gasteiger partial charge in [-0.1, -0.05) is 45.9 Å². The van der Waals surface area contributed by atoms with Crippen LogP contribution < -0.4 is 0 Å². The van der Waals surface area contributed by atoms with E-state index in [1.807, 2.05) is 12.1 Å². The Morgan fingerprint density at radius 1 is 0.903 bits per heavy atom. The smallest absolute Gasteiger partial charge is 0.123 e. The van der Waals surface area contributed by atoms with E-state index < -0.39 is 6.10 Å². The number of benzene rings is 2. The van der Waals surface area contributed by atoms with Gasteiger partial charge in [0.1, 0.15) is 11.6 Å². The second-order valence-corrected chi connectivity index (χ2v) is 9.44. The number of pyridine rings is 1. The molecular formula is C26H30FNO2S. The maximum absolute atomic E-state index is 13.3. The van der Waals surface area contributed by atoms with Gasteiger partial charge in [-0.2, -0.15) is 0 Å². The Morgan fingerprint density at radius 2 is 1.52 bits per heavy atom. The highest BCUT2D eigenvalue weighted by molar-refractivity contribution is 7.98. The Bertz CT molecular complexity index is 1050. The second-order valence-electron chi connectivity index (χ2n) is 8.39. The van der Waals surface area contributed by atoms with Crippen molar-refractivity contribution in [1.29, 1.82) is 0 Å². The second kappa shape index (κ2) is 9.84. The van der Waals surface area contributed by atoms with E-state index in [0.717, 1.165) is 33.0 Å². The molecule has 2 aromatic carbocycles. The first-order chi connectivity index (χ1) is 14.7. The minimum absolute atomic E-state index is 0.116. The Balaban J connectivity index is 2.28. The number of aliphatic hydroxyl groups is 1. The first-order valence-corrected chi connectivity index (χ1v) is 11.6. The zero-order valence-corrected chi connectivity index (χ0v) is 19.5. The van der Waals surface area contributed by atoms with Crippen molar-refractivity contribution in [1.82, 2.24) is 4.98 Å².